The zero-order valence-electron chi connectivity index (χ0n) is 18.1. The molecule has 0 saturated heterocycles. The van der Waals surface area contributed by atoms with Crippen molar-refractivity contribution in [2.75, 3.05) is 6.66 Å². The average molecular weight is 420 g/mol. The van der Waals surface area contributed by atoms with Gasteiger partial charge in [0.1, 0.15) is 7.14 Å². The van der Waals surface area contributed by atoms with Gasteiger partial charge in [0.15, 0.2) is 0 Å². The van der Waals surface area contributed by atoms with E-state index in [1.54, 1.807) is 0 Å². The summed E-state index contributed by atoms with van der Waals surface area (Å²) < 4.78 is 13.9. The first-order valence-electron chi connectivity index (χ1n) is 10.9. The first-order valence-corrected chi connectivity index (χ1v) is 13.1. The molecule has 0 aromatic heterocycles. The Labute approximate surface area is 184 Å². The molecule has 3 aliphatic rings. The number of allylic oxidation sites excluding steroid dienone is 6. The predicted octanol–water partition coefficient (Wildman–Crippen LogP) is 6.82. The van der Waals surface area contributed by atoms with E-state index in [4.69, 9.17) is 0 Å². The van der Waals surface area contributed by atoms with Gasteiger partial charge >= 0.3 is 0 Å². The van der Waals surface area contributed by atoms with E-state index in [0.717, 1.165) is 28.2 Å². The van der Waals surface area contributed by atoms with Gasteiger partial charge in [0.05, 0.1) is 0 Å². The number of fused-ring (bicyclic) bond motifs is 6. The van der Waals surface area contributed by atoms with Crippen LogP contribution in [0.15, 0.2) is 85.0 Å². The van der Waals surface area contributed by atoms with Crippen LogP contribution in [-0.4, -0.2) is 6.66 Å². The topological polar surface area (TPSA) is 17.1 Å². The maximum atomic E-state index is 13.9. The number of hydrogen-bond acceptors (Lipinski definition) is 1. The van der Waals surface area contributed by atoms with Gasteiger partial charge in [-0.15, -0.1) is 0 Å². The number of rotatable bonds is 1. The molecule has 0 fully saturated rings. The number of benzene rings is 3. The minimum absolute atomic E-state index is 0.0823. The maximum Gasteiger partial charge on any atom is 0.141 e. The molecule has 0 radical (unpaired) electrons. The van der Waals surface area contributed by atoms with Crippen molar-refractivity contribution >= 4 is 23.3 Å². The lowest BCUT2D eigenvalue weighted by Crippen LogP contribution is -2.16. The monoisotopic (exact) mass is 420 g/mol. The van der Waals surface area contributed by atoms with Gasteiger partial charge in [0.25, 0.3) is 0 Å². The van der Waals surface area contributed by atoms with Gasteiger partial charge in [-0.05, 0) is 75.8 Å². The molecular weight excluding hydrogens is 395 g/mol. The number of hydrogen-bond donors (Lipinski definition) is 0. The second kappa shape index (κ2) is 6.31. The second-order valence-electron chi connectivity index (χ2n) is 9.43. The van der Waals surface area contributed by atoms with E-state index >= 15 is 0 Å². The first-order chi connectivity index (χ1) is 14.9. The Balaban J connectivity index is 1.60. The lowest BCUT2D eigenvalue weighted by atomic mass is 9.81. The van der Waals surface area contributed by atoms with Crippen LogP contribution in [0.4, 0.5) is 0 Å². The van der Waals surface area contributed by atoms with Gasteiger partial charge < -0.3 is 4.57 Å². The van der Waals surface area contributed by atoms with Gasteiger partial charge in [-0.25, -0.2) is 0 Å². The van der Waals surface area contributed by atoms with E-state index in [2.05, 4.69) is 86.7 Å². The minimum atomic E-state index is -2.58. The Bertz CT molecular complexity index is 1410. The summed E-state index contributed by atoms with van der Waals surface area (Å²) in [5.74, 6) is 0. The Kier molecular flexibility index (Phi) is 3.84. The highest BCUT2D eigenvalue weighted by molar-refractivity contribution is 7.79. The molecular formula is C29H25OP. The van der Waals surface area contributed by atoms with E-state index in [0.29, 0.717) is 0 Å². The van der Waals surface area contributed by atoms with Crippen LogP contribution in [0.5, 0.6) is 0 Å². The van der Waals surface area contributed by atoms with Crippen LogP contribution in [0.3, 0.4) is 0 Å². The fourth-order valence-electron chi connectivity index (χ4n) is 5.51. The summed E-state index contributed by atoms with van der Waals surface area (Å²) in [6.07, 6.45) is 11.9. The minimum Gasteiger partial charge on any atom is -0.314 e. The summed E-state index contributed by atoms with van der Waals surface area (Å²) in [5.41, 5.74) is 9.87. The van der Waals surface area contributed by atoms with Crippen molar-refractivity contribution in [3.8, 4) is 22.3 Å². The third-order valence-corrected chi connectivity index (χ3v) is 9.82. The van der Waals surface area contributed by atoms with E-state index in [1.165, 1.54) is 33.4 Å². The molecule has 3 aromatic carbocycles. The molecule has 3 aromatic rings. The van der Waals surface area contributed by atoms with E-state index in [-0.39, 0.29) is 5.41 Å². The predicted molar refractivity (Wildman–Crippen MR) is 133 cm³/mol. The third-order valence-electron chi connectivity index (χ3n) is 7.22. The van der Waals surface area contributed by atoms with Crippen LogP contribution in [0.1, 0.15) is 37.0 Å². The van der Waals surface area contributed by atoms with Crippen molar-refractivity contribution in [3.63, 3.8) is 0 Å². The Hall–Kier alpha value is -2.89. The first kappa shape index (κ1) is 18.8. The molecule has 1 heterocycles. The smallest absolute Gasteiger partial charge is 0.141 e. The molecule has 152 valence electrons. The lowest BCUT2D eigenvalue weighted by Gasteiger charge is -2.22. The fourth-order valence-corrected chi connectivity index (χ4v) is 7.81. The maximum absolute atomic E-state index is 13.9. The molecule has 0 amide bonds. The van der Waals surface area contributed by atoms with Crippen LogP contribution in [-0.2, 0) is 9.98 Å². The molecule has 6 rings (SSSR count). The Morgan fingerprint density at radius 2 is 1.61 bits per heavy atom. The fraction of sp³-hybridized carbons (Fsp3) is 0.172. The van der Waals surface area contributed by atoms with Crippen LogP contribution in [0.2, 0.25) is 0 Å². The van der Waals surface area contributed by atoms with Crippen molar-refractivity contribution in [2.45, 2.75) is 25.7 Å². The average Bonchev–Trinajstić information content (AvgIpc) is 2.99. The van der Waals surface area contributed by atoms with Crippen LogP contribution < -0.4 is 10.6 Å². The van der Waals surface area contributed by atoms with Crippen molar-refractivity contribution in [2.24, 2.45) is 0 Å². The molecule has 0 saturated carbocycles. The molecule has 1 nitrogen and oxygen atoms in total. The highest BCUT2D eigenvalue weighted by Gasteiger charge is 2.41. The summed E-state index contributed by atoms with van der Waals surface area (Å²) in [6.45, 7) is 6.54. The van der Waals surface area contributed by atoms with Crippen molar-refractivity contribution in [1.82, 2.24) is 0 Å². The summed E-state index contributed by atoms with van der Waals surface area (Å²) in [7, 11) is -2.58. The van der Waals surface area contributed by atoms with Crippen LogP contribution in [0, 0.1) is 0 Å². The molecule has 0 bridgehead atoms. The Morgan fingerprint density at radius 1 is 0.806 bits per heavy atom. The molecule has 0 spiro atoms. The normalized spacial score (nSPS) is 21.7. The van der Waals surface area contributed by atoms with Crippen molar-refractivity contribution in [1.29, 1.82) is 0 Å². The second-order valence-corrected chi connectivity index (χ2v) is 12.2. The largest absolute Gasteiger partial charge is 0.314 e. The van der Waals surface area contributed by atoms with Crippen LogP contribution in [0.25, 0.3) is 27.8 Å². The quantitative estimate of drug-likeness (QED) is 0.395. The Morgan fingerprint density at radius 3 is 2.48 bits per heavy atom. The van der Waals surface area contributed by atoms with Gasteiger partial charge in [-0.2, -0.15) is 0 Å². The van der Waals surface area contributed by atoms with Gasteiger partial charge in [0, 0.05) is 16.0 Å². The molecule has 1 atom stereocenters. The van der Waals surface area contributed by atoms with Gasteiger partial charge in [-0.3, -0.25) is 0 Å². The van der Waals surface area contributed by atoms with Crippen LogP contribution >= 0.6 is 7.14 Å². The SMILES string of the molecule is CC1(C)c2ccc(C3=CC=CCC=C3)cc2-c2cc3c(cc21)-c1ccccc1P3(C)=O. The molecule has 2 heteroatoms. The van der Waals surface area contributed by atoms with Crippen molar-refractivity contribution in [3.05, 3.63) is 102 Å². The van der Waals surface area contributed by atoms with E-state index in [9.17, 15) is 4.57 Å². The highest BCUT2D eigenvalue weighted by Crippen LogP contribution is 2.55. The molecule has 31 heavy (non-hydrogen) atoms. The molecule has 1 unspecified atom stereocenters. The molecule has 0 N–H and O–H groups in total. The third kappa shape index (κ3) is 2.54. The summed E-state index contributed by atoms with van der Waals surface area (Å²) in [4.78, 5) is 0. The standard InChI is InChI=1S/C29H25OP/c1-29(2)25-15-14-20(19-10-6-4-5-7-11-19)16-22(25)23-18-28-24(17-26(23)29)21-12-8-9-13-27(21)31(28,3)30/h4,6-18H,5H2,1-3H3. The van der Waals surface area contributed by atoms with Gasteiger partial charge in [0.2, 0.25) is 0 Å². The van der Waals surface area contributed by atoms with E-state index < -0.39 is 7.14 Å². The molecule has 2 aliphatic carbocycles. The van der Waals surface area contributed by atoms with E-state index in [1.807, 2.05) is 18.8 Å². The lowest BCUT2D eigenvalue weighted by molar-refractivity contribution is 0.591. The van der Waals surface area contributed by atoms with Gasteiger partial charge in [-0.1, -0.05) is 80.6 Å². The zero-order chi connectivity index (χ0) is 21.4. The molecule has 1 aliphatic heterocycles. The zero-order valence-corrected chi connectivity index (χ0v) is 19.0. The summed E-state index contributed by atoms with van der Waals surface area (Å²) in [6, 6.07) is 19.6. The summed E-state index contributed by atoms with van der Waals surface area (Å²) in [5, 5.41) is 2.01. The highest BCUT2D eigenvalue weighted by atomic mass is 31.2. The summed E-state index contributed by atoms with van der Waals surface area (Å²) >= 11 is 0. The van der Waals surface area contributed by atoms with Crippen molar-refractivity contribution < 1.29 is 4.57 Å².